The van der Waals surface area contributed by atoms with Gasteiger partial charge in [-0.15, -0.1) is 0 Å². The molecule has 0 spiro atoms. The van der Waals surface area contributed by atoms with Gasteiger partial charge in [-0.2, -0.15) is 0 Å². The summed E-state index contributed by atoms with van der Waals surface area (Å²) in [7, 11) is 0. The number of hydrogen-bond donors (Lipinski definition) is 1. The van der Waals surface area contributed by atoms with Gasteiger partial charge < -0.3 is 9.84 Å². The van der Waals surface area contributed by atoms with Crippen molar-refractivity contribution in [3.05, 3.63) is 0 Å². The molecule has 2 heteroatoms. The molecule has 0 aromatic rings. The lowest BCUT2D eigenvalue weighted by atomic mass is 10.0. The molecule has 0 aliphatic carbocycles. The first-order valence-corrected chi connectivity index (χ1v) is 17.9. The van der Waals surface area contributed by atoms with Crippen molar-refractivity contribution in [2.24, 2.45) is 0 Å². The lowest BCUT2D eigenvalue weighted by Gasteiger charge is -2.02. The van der Waals surface area contributed by atoms with E-state index in [1.165, 1.54) is 180 Å². The van der Waals surface area contributed by atoms with Gasteiger partial charge in [-0.05, 0) is 13.3 Å². The van der Waals surface area contributed by atoms with Crippen molar-refractivity contribution in [2.75, 3.05) is 13.2 Å². The second kappa shape index (κ2) is 39.1. The third-order valence-corrected chi connectivity index (χ3v) is 7.72. The third-order valence-electron chi connectivity index (χ3n) is 7.72. The van der Waals surface area contributed by atoms with E-state index in [4.69, 9.17) is 9.84 Å². The Labute approximate surface area is 242 Å². The predicted octanol–water partition coefficient (Wildman–Crippen LogP) is 12.7. The van der Waals surface area contributed by atoms with E-state index in [1.807, 2.05) is 0 Å². The van der Waals surface area contributed by atoms with E-state index < -0.39 is 0 Å². The number of epoxide rings is 1. The fraction of sp³-hybridized carbons (Fsp3) is 1.00. The first-order chi connectivity index (χ1) is 18.7. The maximum atomic E-state index is 8.64. The first kappa shape index (κ1) is 40.1. The molecule has 2 nitrogen and oxygen atoms in total. The van der Waals surface area contributed by atoms with Crippen LogP contribution in [0.3, 0.4) is 0 Å². The van der Waals surface area contributed by atoms with E-state index in [-0.39, 0.29) is 0 Å². The van der Waals surface area contributed by atoms with Crippen LogP contribution in [-0.2, 0) is 4.74 Å². The molecule has 0 bridgehead atoms. The minimum Gasteiger partial charge on any atom is -0.396 e. The zero-order valence-corrected chi connectivity index (χ0v) is 27.4. The van der Waals surface area contributed by atoms with E-state index in [0.29, 0.717) is 12.7 Å². The fourth-order valence-electron chi connectivity index (χ4n) is 4.85. The zero-order chi connectivity index (χ0) is 28.2. The van der Waals surface area contributed by atoms with E-state index in [2.05, 4.69) is 27.7 Å². The highest BCUT2D eigenvalue weighted by atomic mass is 16.6. The van der Waals surface area contributed by atoms with Crippen molar-refractivity contribution in [3.63, 3.8) is 0 Å². The molecule has 1 rings (SSSR count). The van der Waals surface area contributed by atoms with Crippen LogP contribution in [0.5, 0.6) is 0 Å². The summed E-state index contributed by atoms with van der Waals surface area (Å²) in [6.07, 6.45) is 41.7. The topological polar surface area (TPSA) is 32.8 Å². The largest absolute Gasteiger partial charge is 0.396 e. The smallest absolute Gasteiger partial charge is 0.0781 e. The molecular weight excluding hydrogens is 464 g/mol. The van der Waals surface area contributed by atoms with Crippen LogP contribution in [0.25, 0.3) is 0 Å². The molecule has 1 aliphatic rings. The average Bonchev–Trinajstić information content (AvgIpc) is 3.72. The summed E-state index contributed by atoms with van der Waals surface area (Å²) in [5.74, 6) is 0. The van der Waals surface area contributed by atoms with Crippen LogP contribution in [0, 0.1) is 0 Å². The van der Waals surface area contributed by atoms with Gasteiger partial charge in [0, 0.05) is 6.61 Å². The van der Waals surface area contributed by atoms with Crippen LogP contribution in [0.4, 0.5) is 0 Å². The van der Waals surface area contributed by atoms with Crippen molar-refractivity contribution < 1.29 is 9.84 Å². The summed E-state index contributed by atoms with van der Waals surface area (Å²) in [5, 5.41) is 8.64. The number of aliphatic hydroxyl groups excluding tert-OH is 1. The highest BCUT2D eigenvalue weighted by Crippen LogP contribution is 2.14. The monoisotopic (exact) mass is 541 g/mol. The number of aliphatic hydroxyl groups is 1. The highest BCUT2D eigenvalue weighted by molar-refractivity contribution is 4.58. The van der Waals surface area contributed by atoms with Gasteiger partial charge in [0.15, 0.2) is 0 Å². The third kappa shape index (κ3) is 45.8. The molecule has 38 heavy (non-hydrogen) atoms. The van der Waals surface area contributed by atoms with Gasteiger partial charge >= 0.3 is 0 Å². The summed E-state index contributed by atoms with van der Waals surface area (Å²) in [4.78, 5) is 0. The Balaban J connectivity index is 0. The Bertz CT molecular complexity index is 308. The van der Waals surface area contributed by atoms with E-state index in [0.717, 1.165) is 13.0 Å². The SMILES string of the molecule is CC1CO1.CCCCCCCCCCCCCCCCC.CCCCCCCCCCCCCCCCO. The van der Waals surface area contributed by atoms with Crippen molar-refractivity contribution in [1.29, 1.82) is 0 Å². The van der Waals surface area contributed by atoms with Crippen LogP contribution in [0.2, 0.25) is 0 Å². The molecule has 0 aromatic carbocycles. The summed E-state index contributed by atoms with van der Waals surface area (Å²) in [6, 6.07) is 0. The van der Waals surface area contributed by atoms with E-state index in [9.17, 15) is 0 Å². The van der Waals surface area contributed by atoms with Crippen LogP contribution < -0.4 is 0 Å². The molecule has 1 aliphatic heterocycles. The lowest BCUT2D eigenvalue weighted by Crippen LogP contribution is -1.84. The van der Waals surface area contributed by atoms with Gasteiger partial charge in [0.1, 0.15) is 0 Å². The molecule has 0 aromatic heterocycles. The minimum absolute atomic E-state index is 0.373. The lowest BCUT2D eigenvalue weighted by molar-refractivity contribution is 0.282. The maximum absolute atomic E-state index is 8.64. The predicted molar refractivity (Wildman–Crippen MR) is 173 cm³/mol. The average molecular weight is 541 g/mol. The van der Waals surface area contributed by atoms with Gasteiger partial charge in [-0.3, -0.25) is 0 Å². The zero-order valence-electron chi connectivity index (χ0n) is 27.4. The summed E-state index contributed by atoms with van der Waals surface area (Å²) >= 11 is 0. The quantitative estimate of drug-likeness (QED) is 0.0790. The Hall–Kier alpha value is -0.0800. The van der Waals surface area contributed by atoms with Crippen molar-refractivity contribution >= 4 is 0 Å². The molecule has 232 valence electrons. The Morgan fingerprint density at radius 1 is 0.395 bits per heavy atom. The summed E-state index contributed by atoms with van der Waals surface area (Å²) in [5.41, 5.74) is 0. The highest BCUT2D eigenvalue weighted by Gasteiger charge is 2.13. The maximum Gasteiger partial charge on any atom is 0.0781 e. The molecular formula is C36H76O2. The minimum atomic E-state index is 0.373. The molecule has 0 radical (unpaired) electrons. The molecule has 0 amide bonds. The van der Waals surface area contributed by atoms with Crippen molar-refractivity contribution in [3.8, 4) is 0 Å². The number of unbranched alkanes of at least 4 members (excludes halogenated alkanes) is 27. The Morgan fingerprint density at radius 3 is 0.684 bits per heavy atom. The van der Waals surface area contributed by atoms with Crippen molar-refractivity contribution in [1.82, 2.24) is 0 Å². The number of rotatable bonds is 28. The van der Waals surface area contributed by atoms with Gasteiger partial charge in [-0.25, -0.2) is 0 Å². The van der Waals surface area contributed by atoms with Gasteiger partial charge in [-0.1, -0.05) is 201 Å². The second-order valence-corrected chi connectivity index (χ2v) is 12.1. The van der Waals surface area contributed by atoms with Gasteiger partial charge in [0.2, 0.25) is 0 Å². The molecule has 0 saturated carbocycles. The molecule has 1 N–H and O–H groups in total. The normalized spacial score (nSPS) is 14.0. The van der Waals surface area contributed by atoms with Crippen LogP contribution in [0.15, 0.2) is 0 Å². The van der Waals surface area contributed by atoms with Crippen molar-refractivity contribution in [2.45, 2.75) is 220 Å². The molecule has 1 heterocycles. The van der Waals surface area contributed by atoms with Crippen LogP contribution >= 0.6 is 0 Å². The van der Waals surface area contributed by atoms with E-state index >= 15 is 0 Å². The molecule has 1 fully saturated rings. The fourth-order valence-corrected chi connectivity index (χ4v) is 4.85. The van der Waals surface area contributed by atoms with Gasteiger partial charge in [0.05, 0.1) is 12.7 Å². The first-order valence-electron chi connectivity index (χ1n) is 17.9. The van der Waals surface area contributed by atoms with Gasteiger partial charge in [0.25, 0.3) is 0 Å². The number of ether oxygens (including phenoxy) is 1. The number of hydrogen-bond acceptors (Lipinski definition) is 2. The molecule has 1 atom stereocenters. The van der Waals surface area contributed by atoms with Crippen LogP contribution in [-0.4, -0.2) is 24.4 Å². The molecule has 1 saturated heterocycles. The Morgan fingerprint density at radius 2 is 0.553 bits per heavy atom. The standard InChI is InChI=1S/C17H36.C16H34O.C3H6O/c1-3-5-7-9-11-13-15-17-16-14-12-10-8-6-4-2;1-2-3-4-5-6-7-8-9-10-11-12-13-14-15-16-17;1-3-2-4-3/h3-17H2,1-2H3;17H,2-16H2,1H3;3H,2H2,1H3. The molecule has 1 unspecified atom stereocenters. The van der Waals surface area contributed by atoms with E-state index in [1.54, 1.807) is 0 Å². The summed E-state index contributed by atoms with van der Waals surface area (Å²) < 4.78 is 4.71. The second-order valence-electron chi connectivity index (χ2n) is 12.1. The summed E-state index contributed by atoms with van der Waals surface area (Å²) in [6.45, 7) is 10.3. The van der Waals surface area contributed by atoms with Crippen LogP contribution in [0.1, 0.15) is 214 Å². The Kier molecular flexibility index (Phi) is 41.2.